The first-order valence-corrected chi connectivity index (χ1v) is 6.29. The van der Waals surface area contributed by atoms with Gasteiger partial charge in [-0.3, -0.25) is 0 Å². The van der Waals surface area contributed by atoms with Crippen LogP contribution in [-0.2, 0) is 0 Å². The summed E-state index contributed by atoms with van der Waals surface area (Å²) in [5.41, 5.74) is 6.67. The maximum absolute atomic E-state index is 6.13. The van der Waals surface area contributed by atoms with E-state index in [4.69, 9.17) is 5.73 Å². The summed E-state index contributed by atoms with van der Waals surface area (Å²) >= 11 is 0. The minimum atomic E-state index is 0.539. The molecule has 2 aromatic rings. The zero-order valence-corrected chi connectivity index (χ0v) is 11.2. The molecular weight excluding hydrogens is 240 g/mol. The Morgan fingerprint density at radius 2 is 1.95 bits per heavy atom. The first kappa shape index (κ1) is 13.1. The summed E-state index contributed by atoms with van der Waals surface area (Å²) in [4.78, 5) is 14.7. The van der Waals surface area contributed by atoms with Crippen molar-refractivity contribution in [3.8, 4) is 0 Å². The molecule has 0 radical (unpaired) electrons. The number of nitrogens with one attached hydrogen (secondary N) is 1. The fourth-order valence-corrected chi connectivity index (χ4v) is 1.82. The molecule has 0 aliphatic heterocycles. The highest BCUT2D eigenvalue weighted by Gasteiger charge is 2.12. The number of anilines is 4. The fraction of sp³-hybridized carbons (Fsp3) is 0.308. The SMILES string of the molecule is CCN(CC)c1ncnc(Nc2ccccn2)c1N. The van der Waals surface area contributed by atoms with Crippen molar-refractivity contribution in [3.63, 3.8) is 0 Å². The van der Waals surface area contributed by atoms with E-state index < -0.39 is 0 Å². The zero-order chi connectivity index (χ0) is 13.7. The Labute approximate surface area is 112 Å². The number of nitrogen functional groups attached to an aromatic ring is 1. The van der Waals surface area contributed by atoms with Crippen molar-refractivity contribution < 1.29 is 0 Å². The van der Waals surface area contributed by atoms with Gasteiger partial charge in [-0.1, -0.05) is 6.07 Å². The maximum atomic E-state index is 6.13. The smallest absolute Gasteiger partial charge is 0.160 e. The standard InChI is InChI=1S/C13H18N6/c1-3-19(4-2)13-11(14)12(16-9-17-13)18-10-7-5-6-8-15-10/h5-9H,3-4,14H2,1-2H3,(H,15,16,17,18). The van der Waals surface area contributed by atoms with Crippen LogP contribution in [-0.4, -0.2) is 28.0 Å². The van der Waals surface area contributed by atoms with Crippen LogP contribution in [0, 0.1) is 0 Å². The third-order valence-corrected chi connectivity index (χ3v) is 2.84. The number of aromatic nitrogens is 3. The molecule has 6 nitrogen and oxygen atoms in total. The second kappa shape index (κ2) is 5.99. The molecule has 0 aromatic carbocycles. The predicted molar refractivity (Wildman–Crippen MR) is 77.5 cm³/mol. The minimum Gasteiger partial charge on any atom is -0.393 e. The van der Waals surface area contributed by atoms with Gasteiger partial charge in [0.2, 0.25) is 0 Å². The number of hydrogen-bond donors (Lipinski definition) is 2. The Morgan fingerprint density at radius 3 is 2.58 bits per heavy atom. The van der Waals surface area contributed by atoms with Crippen LogP contribution in [0.1, 0.15) is 13.8 Å². The Kier molecular flexibility index (Phi) is 4.12. The quantitative estimate of drug-likeness (QED) is 0.854. The van der Waals surface area contributed by atoms with Gasteiger partial charge in [-0.25, -0.2) is 15.0 Å². The molecule has 0 amide bonds. The second-order valence-corrected chi connectivity index (χ2v) is 3.97. The molecule has 0 saturated heterocycles. The van der Waals surface area contributed by atoms with Crippen molar-refractivity contribution in [3.05, 3.63) is 30.7 Å². The van der Waals surface area contributed by atoms with Gasteiger partial charge in [0.05, 0.1) is 0 Å². The molecule has 3 N–H and O–H groups in total. The van der Waals surface area contributed by atoms with Gasteiger partial charge in [-0.2, -0.15) is 0 Å². The lowest BCUT2D eigenvalue weighted by Gasteiger charge is -2.22. The van der Waals surface area contributed by atoms with Gasteiger partial charge in [0.1, 0.15) is 17.8 Å². The number of nitrogens with zero attached hydrogens (tertiary/aromatic N) is 4. The lowest BCUT2D eigenvalue weighted by Crippen LogP contribution is -2.24. The van der Waals surface area contributed by atoms with Gasteiger partial charge in [0.25, 0.3) is 0 Å². The van der Waals surface area contributed by atoms with Gasteiger partial charge >= 0.3 is 0 Å². The Balaban J connectivity index is 2.30. The molecule has 6 heteroatoms. The predicted octanol–water partition coefficient (Wildman–Crippen LogP) is 2.04. The van der Waals surface area contributed by atoms with E-state index in [0.29, 0.717) is 17.3 Å². The van der Waals surface area contributed by atoms with E-state index in [2.05, 4.69) is 39.0 Å². The monoisotopic (exact) mass is 258 g/mol. The van der Waals surface area contributed by atoms with Gasteiger partial charge in [0, 0.05) is 19.3 Å². The molecule has 0 spiro atoms. The van der Waals surface area contributed by atoms with Crippen LogP contribution < -0.4 is 16.0 Å². The van der Waals surface area contributed by atoms with E-state index in [1.165, 1.54) is 6.33 Å². The summed E-state index contributed by atoms with van der Waals surface area (Å²) in [6.07, 6.45) is 3.22. The van der Waals surface area contributed by atoms with Crippen LogP contribution in [0.4, 0.5) is 23.1 Å². The summed E-state index contributed by atoms with van der Waals surface area (Å²) in [5, 5.41) is 3.10. The fourth-order valence-electron chi connectivity index (χ4n) is 1.82. The molecule has 0 bridgehead atoms. The summed E-state index contributed by atoms with van der Waals surface area (Å²) in [6.45, 7) is 5.83. The molecule has 2 rings (SSSR count). The summed E-state index contributed by atoms with van der Waals surface area (Å²) < 4.78 is 0. The molecule has 2 aromatic heterocycles. The van der Waals surface area contributed by atoms with Gasteiger partial charge in [-0.05, 0) is 26.0 Å². The topological polar surface area (TPSA) is 80.0 Å². The Hall–Kier alpha value is -2.37. The average molecular weight is 258 g/mol. The third-order valence-electron chi connectivity index (χ3n) is 2.84. The van der Waals surface area contributed by atoms with Crippen LogP contribution in [0.2, 0.25) is 0 Å². The Bertz CT molecular complexity index is 524. The molecule has 19 heavy (non-hydrogen) atoms. The average Bonchev–Trinajstić information content (AvgIpc) is 2.45. The lowest BCUT2D eigenvalue weighted by atomic mass is 10.3. The Morgan fingerprint density at radius 1 is 1.16 bits per heavy atom. The van der Waals surface area contributed by atoms with E-state index in [9.17, 15) is 0 Å². The van der Waals surface area contributed by atoms with Crippen LogP contribution in [0.15, 0.2) is 30.7 Å². The second-order valence-electron chi connectivity index (χ2n) is 3.97. The largest absolute Gasteiger partial charge is 0.393 e. The lowest BCUT2D eigenvalue weighted by molar-refractivity contribution is 0.844. The molecule has 0 unspecified atom stereocenters. The summed E-state index contributed by atoms with van der Waals surface area (Å²) in [5.74, 6) is 2.03. The summed E-state index contributed by atoms with van der Waals surface area (Å²) in [7, 11) is 0. The van der Waals surface area contributed by atoms with E-state index in [1.54, 1.807) is 6.20 Å². The van der Waals surface area contributed by atoms with Crippen molar-refractivity contribution in [1.82, 2.24) is 15.0 Å². The van der Waals surface area contributed by atoms with E-state index in [-0.39, 0.29) is 0 Å². The molecule has 0 atom stereocenters. The number of nitrogens with two attached hydrogens (primary N) is 1. The van der Waals surface area contributed by atoms with Crippen molar-refractivity contribution in [1.29, 1.82) is 0 Å². The van der Waals surface area contributed by atoms with Crippen molar-refractivity contribution in [2.45, 2.75) is 13.8 Å². The number of pyridine rings is 1. The number of rotatable bonds is 5. The van der Waals surface area contributed by atoms with Crippen LogP contribution >= 0.6 is 0 Å². The molecule has 0 aliphatic rings. The zero-order valence-electron chi connectivity index (χ0n) is 11.2. The highest BCUT2D eigenvalue weighted by molar-refractivity contribution is 5.77. The highest BCUT2D eigenvalue weighted by atomic mass is 15.2. The van der Waals surface area contributed by atoms with E-state index in [0.717, 1.165) is 18.9 Å². The molecule has 0 fully saturated rings. The maximum Gasteiger partial charge on any atom is 0.160 e. The first-order valence-electron chi connectivity index (χ1n) is 6.29. The van der Waals surface area contributed by atoms with Crippen LogP contribution in [0.25, 0.3) is 0 Å². The molecular formula is C13H18N6. The van der Waals surface area contributed by atoms with Crippen LogP contribution in [0.5, 0.6) is 0 Å². The van der Waals surface area contributed by atoms with Gasteiger partial charge < -0.3 is 16.0 Å². The van der Waals surface area contributed by atoms with Crippen LogP contribution in [0.3, 0.4) is 0 Å². The third kappa shape index (κ3) is 2.90. The normalized spacial score (nSPS) is 10.2. The van der Waals surface area contributed by atoms with Crippen molar-refractivity contribution in [2.24, 2.45) is 0 Å². The molecule has 0 aliphatic carbocycles. The van der Waals surface area contributed by atoms with E-state index >= 15 is 0 Å². The minimum absolute atomic E-state index is 0.539. The molecule has 100 valence electrons. The van der Waals surface area contributed by atoms with E-state index in [1.807, 2.05) is 18.2 Å². The van der Waals surface area contributed by atoms with Crippen molar-refractivity contribution in [2.75, 3.05) is 29.0 Å². The number of hydrogen-bond acceptors (Lipinski definition) is 6. The summed E-state index contributed by atoms with van der Waals surface area (Å²) in [6, 6.07) is 5.62. The van der Waals surface area contributed by atoms with Gasteiger partial charge in [0.15, 0.2) is 11.6 Å². The molecule has 2 heterocycles. The van der Waals surface area contributed by atoms with Gasteiger partial charge in [-0.15, -0.1) is 0 Å². The highest BCUT2D eigenvalue weighted by Crippen LogP contribution is 2.27. The first-order chi connectivity index (χ1) is 9.26. The molecule has 0 saturated carbocycles. The van der Waals surface area contributed by atoms with Crippen molar-refractivity contribution >= 4 is 23.1 Å².